The normalized spacial score (nSPS) is 11.2. The molecule has 0 fully saturated rings. The Morgan fingerprint density at radius 1 is 1.06 bits per heavy atom. The molecule has 0 atom stereocenters. The summed E-state index contributed by atoms with van der Waals surface area (Å²) in [6.45, 7) is 5.68. The molecule has 0 aliphatic rings. The van der Waals surface area contributed by atoms with E-state index in [2.05, 4.69) is 22.5 Å². The van der Waals surface area contributed by atoms with Gasteiger partial charge in [-0.05, 0) is 42.7 Å². The van der Waals surface area contributed by atoms with Crippen LogP contribution in [-0.4, -0.2) is 45.6 Å². The van der Waals surface area contributed by atoms with E-state index in [-0.39, 0.29) is 17.1 Å². The number of anilines is 2. The molecule has 0 bridgehead atoms. The van der Waals surface area contributed by atoms with Crippen molar-refractivity contribution < 1.29 is 26.3 Å². The minimum Gasteiger partial charge on any atom is -0.495 e. The van der Waals surface area contributed by atoms with Crippen molar-refractivity contribution >= 4 is 32.1 Å². The molecule has 2 aromatic carbocycles. The number of halogens is 3. The fourth-order valence-corrected chi connectivity index (χ4v) is 4.11. The first-order valence-corrected chi connectivity index (χ1v) is 13.5. The molecule has 36 heavy (non-hydrogen) atoms. The molecular formula is C26H32F3N3O3S. The Bertz CT molecular complexity index is 1340. The minimum atomic E-state index is -4.40. The Morgan fingerprint density at radius 2 is 1.78 bits per heavy atom. The highest BCUT2D eigenvalue weighted by atomic mass is 32.2. The number of benzene rings is 2. The average Bonchev–Trinajstić information content (AvgIpc) is 3.17. The van der Waals surface area contributed by atoms with Gasteiger partial charge in [-0.15, -0.1) is 0 Å². The molecule has 3 rings (SSSR count). The zero-order valence-corrected chi connectivity index (χ0v) is 21.9. The van der Waals surface area contributed by atoms with E-state index in [1.165, 1.54) is 23.8 Å². The number of aromatic nitrogens is 1. The largest absolute Gasteiger partial charge is 0.495 e. The van der Waals surface area contributed by atoms with E-state index in [9.17, 15) is 21.6 Å². The van der Waals surface area contributed by atoms with Gasteiger partial charge in [-0.3, -0.25) is 0 Å². The second kappa shape index (κ2) is 12.6. The van der Waals surface area contributed by atoms with Gasteiger partial charge in [0, 0.05) is 29.9 Å². The summed E-state index contributed by atoms with van der Waals surface area (Å²) in [6.07, 6.45) is -2.42. The molecular weight excluding hydrogens is 491 g/mol. The lowest BCUT2D eigenvalue weighted by Crippen LogP contribution is -2.18. The van der Waals surface area contributed by atoms with Gasteiger partial charge in [-0.25, -0.2) is 8.42 Å². The highest BCUT2D eigenvalue weighted by Crippen LogP contribution is 2.30. The lowest BCUT2D eigenvalue weighted by molar-refractivity contribution is -0.140. The minimum absolute atomic E-state index is 0.114. The standard InChI is InChI=1S/C24H26F3N3O3S.C2H6/c1-4-12-28-20-8-5-9-22-19(20)14-17(30(22)16-24(25,26)27)7-6-13-29-21-11-10-18(34(3,31)32)15-23(21)33-2;1-2/h5,8-11,14-15,28-29H,4,12-13,16H2,1-3H3;1-2H3. The van der Waals surface area contributed by atoms with Crippen LogP contribution in [0.2, 0.25) is 0 Å². The van der Waals surface area contributed by atoms with Crippen molar-refractivity contribution in [2.45, 2.75) is 44.8 Å². The van der Waals surface area contributed by atoms with Gasteiger partial charge in [0.25, 0.3) is 0 Å². The number of rotatable bonds is 8. The van der Waals surface area contributed by atoms with Crippen LogP contribution in [-0.2, 0) is 16.4 Å². The number of methoxy groups -OCH3 is 1. The first-order valence-electron chi connectivity index (χ1n) is 11.6. The highest BCUT2D eigenvalue weighted by molar-refractivity contribution is 7.90. The maximum atomic E-state index is 13.3. The molecule has 10 heteroatoms. The average molecular weight is 524 g/mol. The first-order chi connectivity index (χ1) is 17.0. The number of nitrogens with one attached hydrogen (secondary N) is 2. The van der Waals surface area contributed by atoms with E-state index in [0.29, 0.717) is 28.9 Å². The Morgan fingerprint density at radius 3 is 2.39 bits per heavy atom. The second-order valence-electron chi connectivity index (χ2n) is 7.69. The summed E-state index contributed by atoms with van der Waals surface area (Å²) < 4.78 is 69.7. The fraction of sp³-hybridized carbons (Fsp3) is 0.385. The van der Waals surface area contributed by atoms with Crippen molar-refractivity contribution in [3.63, 3.8) is 0 Å². The molecule has 1 heterocycles. The van der Waals surface area contributed by atoms with Crippen LogP contribution in [0.3, 0.4) is 0 Å². The molecule has 0 unspecified atom stereocenters. The fourth-order valence-electron chi connectivity index (χ4n) is 3.47. The molecule has 6 nitrogen and oxygen atoms in total. The molecule has 0 saturated heterocycles. The highest BCUT2D eigenvalue weighted by Gasteiger charge is 2.29. The second-order valence-corrected chi connectivity index (χ2v) is 9.70. The van der Waals surface area contributed by atoms with E-state index in [1.807, 2.05) is 26.8 Å². The molecule has 0 aliphatic carbocycles. The third-order valence-electron chi connectivity index (χ3n) is 5.03. The predicted octanol–water partition coefficient (Wildman–Crippen LogP) is 5.93. The van der Waals surface area contributed by atoms with Gasteiger partial charge in [0.15, 0.2) is 9.84 Å². The summed E-state index contributed by atoms with van der Waals surface area (Å²) in [5, 5.41) is 6.94. The zero-order valence-electron chi connectivity index (χ0n) is 21.1. The topological polar surface area (TPSA) is 72.4 Å². The van der Waals surface area contributed by atoms with Crippen LogP contribution in [0.25, 0.3) is 10.9 Å². The zero-order chi connectivity index (χ0) is 26.9. The molecule has 2 N–H and O–H groups in total. The number of alkyl halides is 3. The van der Waals surface area contributed by atoms with E-state index >= 15 is 0 Å². The summed E-state index contributed by atoms with van der Waals surface area (Å²) >= 11 is 0. The van der Waals surface area contributed by atoms with E-state index in [0.717, 1.165) is 18.4 Å². The third-order valence-corrected chi connectivity index (χ3v) is 6.14. The molecule has 196 valence electrons. The van der Waals surface area contributed by atoms with Crippen LogP contribution < -0.4 is 15.4 Å². The number of nitrogens with zero attached hydrogens (tertiary/aromatic N) is 1. The third kappa shape index (κ3) is 7.59. The number of hydrogen-bond donors (Lipinski definition) is 2. The lowest BCUT2D eigenvalue weighted by atomic mass is 10.2. The van der Waals surface area contributed by atoms with Gasteiger partial charge >= 0.3 is 6.18 Å². The molecule has 0 amide bonds. The van der Waals surface area contributed by atoms with Crippen molar-refractivity contribution in [2.75, 3.05) is 37.1 Å². The number of sulfone groups is 1. The van der Waals surface area contributed by atoms with Crippen molar-refractivity contribution in [1.82, 2.24) is 4.57 Å². The van der Waals surface area contributed by atoms with Crippen LogP contribution in [0.15, 0.2) is 47.4 Å². The van der Waals surface area contributed by atoms with Crippen LogP contribution >= 0.6 is 0 Å². The van der Waals surface area contributed by atoms with E-state index in [1.54, 1.807) is 24.3 Å². The molecule has 0 radical (unpaired) electrons. The number of hydrogen-bond acceptors (Lipinski definition) is 5. The van der Waals surface area contributed by atoms with E-state index in [4.69, 9.17) is 4.74 Å². The molecule has 0 spiro atoms. The van der Waals surface area contributed by atoms with Crippen molar-refractivity contribution in [3.8, 4) is 17.6 Å². The summed E-state index contributed by atoms with van der Waals surface area (Å²) in [7, 11) is -1.98. The number of ether oxygens (including phenoxy) is 1. The monoisotopic (exact) mass is 523 g/mol. The smallest absolute Gasteiger partial charge is 0.406 e. The summed E-state index contributed by atoms with van der Waals surface area (Å²) in [6, 6.07) is 11.3. The maximum Gasteiger partial charge on any atom is 0.406 e. The summed E-state index contributed by atoms with van der Waals surface area (Å²) in [4.78, 5) is 0.116. The first kappa shape index (κ1) is 28.9. The van der Waals surface area contributed by atoms with Crippen LogP contribution in [0.1, 0.15) is 32.9 Å². The quantitative estimate of drug-likeness (QED) is 0.358. The Labute approximate surface area is 210 Å². The van der Waals surface area contributed by atoms with Gasteiger partial charge in [-0.1, -0.05) is 32.8 Å². The Hall–Kier alpha value is -3.32. The lowest BCUT2D eigenvalue weighted by Gasteiger charge is -2.12. The van der Waals surface area contributed by atoms with Crippen molar-refractivity contribution in [3.05, 3.63) is 48.2 Å². The molecule has 1 aromatic heterocycles. The van der Waals surface area contributed by atoms with E-state index < -0.39 is 22.6 Å². The maximum absolute atomic E-state index is 13.3. The van der Waals surface area contributed by atoms with Crippen LogP contribution in [0.4, 0.5) is 24.5 Å². The predicted molar refractivity (Wildman–Crippen MR) is 140 cm³/mol. The van der Waals surface area contributed by atoms with Gasteiger partial charge in [0.05, 0.1) is 35.4 Å². The summed E-state index contributed by atoms with van der Waals surface area (Å²) in [5.41, 5.74) is 1.98. The Kier molecular flexibility index (Phi) is 10.1. The van der Waals surface area contributed by atoms with Gasteiger partial charge in [0.2, 0.25) is 0 Å². The van der Waals surface area contributed by atoms with Gasteiger partial charge < -0.3 is 19.9 Å². The molecule has 0 saturated carbocycles. The number of fused-ring (bicyclic) bond motifs is 1. The SMILES string of the molecule is CC.CCCNc1cccc2c1cc(C#CCNc1ccc(S(C)(=O)=O)cc1OC)n2CC(F)(F)F. The van der Waals surface area contributed by atoms with Crippen molar-refractivity contribution in [1.29, 1.82) is 0 Å². The van der Waals surface area contributed by atoms with Crippen LogP contribution in [0, 0.1) is 11.8 Å². The summed E-state index contributed by atoms with van der Waals surface area (Å²) in [5.74, 6) is 6.01. The van der Waals surface area contributed by atoms with Gasteiger partial charge in [-0.2, -0.15) is 13.2 Å². The van der Waals surface area contributed by atoms with Crippen LogP contribution in [0.5, 0.6) is 5.75 Å². The molecule has 0 aliphatic heterocycles. The van der Waals surface area contributed by atoms with Gasteiger partial charge in [0.1, 0.15) is 12.3 Å². The van der Waals surface area contributed by atoms with Crippen molar-refractivity contribution in [2.24, 2.45) is 0 Å². The Balaban J connectivity index is 0.00000222. The molecule has 3 aromatic rings.